The van der Waals surface area contributed by atoms with Crippen molar-refractivity contribution >= 4 is 5.91 Å². The molecule has 2 saturated heterocycles. The molecule has 2 aliphatic heterocycles. The minimum atomic E-state index is -0.279. The van der Waals surface area contributed by atoms with E-state index in [1.807, 2.05) is 6.92 Å². The van der Waals surface area contributed by atoms with Gasteiger partial charge in [-0.2, -0.15) is 0 Å². The van der Waals surface area contributed by atoms with E-state index < -0.39 is 0 Å². The molecule has 1 amide bonds. The van der Waals surface area contributed by atoms with Crippen molar-refractivity contribution < 1.29 is 13.6 Å². The number of piperazine rings is 1. The summed E-state index contributed by atoms with van der Waals surface area (Å²) < 4.78 is 18.8. The summed E-state index contributed by atoms with van der Waals surface area (Å²) in [5.41, 5.74) is 1.64. The van der Waals surface area contributed by atoms with Gasteiger partial charge in [0.05, 0.1) is 18.3 Å². The van der Waals surface area contributed by atoms with Crippen LogP contribution in [0.25, 0.3) is 11.5 Å². The number of nitrogens with zero attached hydrogens (tertiary/aromatic N) is 2. The van der Waals surface area contributed by atoms with Crippen molar-refractivity contribution in [1.82, 2.24) is 20.5 Å². The lowest BCUT2D eigenvalue weighted by Crippen LogP contribution is -2.65. The Bertz CT molecular complexity index is 774. The summed E-state index contributed by atoms with van der Waals surface area (Å²) in [6, 6.07) is 6.62. The number of oxazole rings is 1. The monoisotopic (exact) mass is 344 g/mol. The quantitative estimate of drug-likeness (QED) is 0.882. The van der Waals surface area contributed by atoms with Gasteiger partial charge in [-0.05, 0) is 37.6 Å². The smallest absolute Gasteiger partial charge is 0.234 e. The summed E-state index contributed by atoms with van der Waals surface area (Å²) in [6.07, 6.45) is 0.993. The number of amides is 1. The topological polar surface area (TPSA) is 70.4 Å². The zero-order chi connectivity index (χ0) is 17.4. The Labute approximate surface area is 145 Å². The molecule has 0 spiro atoms. The minimum absolute atomic E-state index is 0.0549. The third kappa shape index (κ3) is 3.43. The van der Waals surface area contributed by atoms with Crippen LogP contribution in [0.1, 0.15) is 17.9 Å². The number of piperidine rings is 1. The van der Waals surface area contributed by atoms with Crippen LogP contribution in [0.3, 0.4) is 0 Å². The fourth-order valence-electron chi connectivity index (χ4n) is 3.54. The van der Waals surface area contributed by atoms with Gasteiger partial charge in [0.25, 0.3) is 0 Å². The second-order valence-corrected chi connectivity index (χ2v) is 6.71. The van der Waals surface area contributed by atoms with Crippen molar-refractivity contribution in [3.63, 3.8) is 0 Å². The van der Waals surface area contributed by atoms with Crippen LogP contribution in [0.15, 0.2) is 28.7 Å². The molecule has 1 aromatic carbocycles. The fraction of sp³-hybridized carbons (Fsp3) is 0.444. The predicted molar refractivity (Wildman–Crippen MR) is 90.2 cm³/mol. The average molecular weight is 344 g/mol. The minimum Gasteiger partial charge on any atom is -0.441 e. The first-order chi connectivity index (χ1) is 12.1. The van der Waals surface area contributed by atoms with Crippen molar-refractivity contribution in [2.75, 3.05) is 19.6 Å². The molecule has 3 heterocycles. The molecule has 2 fully saturated rings. The summed E-state index contributed by atoms with van der Waals surface area (Å²) in [4.78, 5) is 18.4. The number of likely N-dealkylation sites (tertiary alicyclic amines) is 1. The molecule has 0 radical (unpaired) electrons. The number of rotatable bonds is 3. The molecule has 2 atom stereocenters. The molecular weight excluding hydrogens is 323 g/mol. The van der Waals surface area contributed by atoms with Gasteiger partial charge in [0.15, 0.2) is 0 Å². The molecule has 0 unspecified atom stereocenters. The van der Waals surface area contributed by atoms with Crippen molar-refractivity contribution in [3.8, 4) is 11.5 Å². The van der Waals surface area contributed by atoms with Gasteiger partial charge >= 0.3 is 0 Å². The van der Waals surface area contributed by atoms with Crippen molar-refractivity contribution in [2.45, 2.75) is 32.0 Å². The number of fused-ring (bicyclic) bond motifs is 1. The highest BCUT2D eigenvalue weighted by atomic mass is 19.1. The molecule has 0 bridgehead atoms. The van der Waals surface area contributed by atoms with Crippen molar-refractivity contribution in [2.24, 2.45) is 0 Å². The van der Waals surface area contributed by atoms with Gasteiger partial charge in [0, 0.05) is 31.2 Å². The van der Waals surface area contributed by atoms with Gasteiger partial charge < -0.3 is 15.1 Å². The van der Waals surface area contributed by atoms with E-state index in [0.717, 1.165) is 36.5 Å². The van der Waals surface area contributed by atoms with Gasteiger partial charge in [-0.15, -0.1) is 0 Å². The molecule has 4 rings (SSSR count). The molecular formula is C18H21FN4O2. The molecule has 132 valence electrons. The highest BCUT2D eigenvalue weighted by molar-refractivity contribution is 5.79. The molecule has 2 aromatic rings. The number of carbonyl (C=O) groups is 1. The average Bonchev–Trinajstić information content (AvgIpc) is 2.96. The number of aryl methyl sites for hydroxylation is 1. The summed E-state index contributed by atoms with van der Waals surface area (Å²) in [7, 11) is 0. The number of hydrogen-bond donors (Lipinski definition) is 2. The Morgan fingerprint density at radius 3 is 2.92 bits per heavy atom. The Morgan fingerprint density at radius 2 is 2.12 bits per heavy atom. The van der Waals surface area contributed by atoms with E-state index >= 15 is 0 Å². The zero-order valence-corrected chi connectivity index (χ0v) is 14.1. The van der Waals surface area contributed by atoms with E-state index in [0.29, 0.717) is 25.0 Å². The van der Waals surface area contributed by atoms with Gasteiger partial charge in [0.1, 0.15) is 11.6 Å². The number of aromatic nitrogens is 1. The molecule has 0 saturated carbocycles. The lowest BCUT2D eigenvalue weighted by molar-refractivity contribution is -0.123. The number of benzene rings is 1. The van der Waals surface area contributed by atoms with Crippen LogP contribution in [0.4, 0.5) is 4.39 Å². The van der Waals surface area contributed by atoms with Crippen LogP contribution >= 0.6 is 0 Å². The van der Waals surface area contributed by atoms with Crippen LogP contribution in [0.5, 0.6) is 0 Å². The van der Waals surface area contributed by atoms with Crippen LogP contribution in [0.2, 0.25) is 0 Å². The predicted octanol–water partition coefficient (Wildman–Crippen LogP) is 1.45. The normalized spacial score (nSPS) is 24.0. The number of nitrogens with one attached hydrogen (secondary N) is 2. The van der Waals surface area contributed by atoms with E-state index in [1.54, 1.807) is 12.1 Å². The van der Waals surface area contributed by atoms with Gasteiger partial charge in [-0.3, -0.25) is 9.69 Å². The Hall–Kier alpha value is -2.25. The standard InChI is InChI=1S/C18H21FN4O2/c1-11-15(22-18(25-11)12-2-4-13(19)5-3-12)9-23-7-6-14-16(10-23)21-17(24)8-20-14/h2-5,14,16,20H,6-10H2,1H3,(H,21,24)/t14-,16+/m0/s1. The first-order valence-electron chi connectivity index (χ1n) is 8.56. The second-order valence-electron chi connectivity index (χ2n) is 6.71. The van der Waals surface area contributed by atoms with Crippen molar-refractivity contribution in [1.29, 1.82) is 0 Å². The Kier molecular flexibility index (Phi) is 4.27. The van der Waals surface area contributed by atoms with E-state index in [1.165, 1.54) is 12.1 Å². The fourth-order valence-corrected chi connectivity index (χ4v) is 3.54. The molecule has 2 N–H and O–H groups in total. The molecule has 25 heavy (non-hydrogen) atoms. The number of carbonyl (C=O) groups excluding carboxylic acids is 1. The van der Waals surface area contributed by atoms with Crippen LogP contribution in [-0.4, -0.2) is 47.5 Å². The highest BCUT2D eigenvalue weighted by Gasteiger charge is 2.33. The zero-order valence-electron chi connectivity index (χ0n) is 14.1. The Balaban J connectivity index is 1.46. The number of halogens is 1. The van der Waals surface area contributed by atoms with Crippen LogP contribution < -0.4 is 10.6 Å². The maximum atomic E-state index is 13.1. The third-order valence-electron chi connectivity index (χ3n) is 4.93. The molecule has 1 aromatic heterocycles. The highest BCUT2D eigenvalue weighted by Crippen LogP contribution is 2.24. The number of hydrogen-bond acceptors (Lipinski definition) is 5. The maximum absolute atomic E-state index is 13.1. The second kappa shape index (κ2) is 6.57. The van der Waals surface area contributed by atoms with Crippen molar-refractivity contribution in [3.05, 3.63) is 41.5 Å². The molecule has 7 heteroatoms. The van der Waals surface area contributed by atoms with Crippen LogP contribution in [-0.2, 0) is 11.3 Å². The Morgan fingerprint density at radius 1 is 1.32 bits per heavy atom. The summed E-state index contributed by atoms with van der Waals surface area (Å²) in [5.74, 6) is 1.06. The van der Waals surface area contributed by atoms with Gasteiger partial charge in [0.2, 0.25) is 11.8 Å². The van der Waals surface area contributed by atoms with E-state index in [2.05, 4.69) is 20.5 Å². The first-order valence-corrected chi connectivity index (χ1v) is 8.56. The molecule has 0 aliphatic carbocycles. The summed E-state index contributed by atoms with van der Waals surface area (Å²) >= 11 is 0. The van der Waals surface area contributed by atoms with E-state index in [4.69, 9.17) is 4.42 Å². The largest absolute Gasteiger partial charge is 0.441 e. The summed E-state index contributed by atoms with van der Waals surface area (Å²) in [6.45, 7) is 4.72. The summed E-state index contributed by atoms with van der Waals surface area (Å²) in [5, 5.41) is 6.36. The van der Waals surface area contributed by atoms with E-state index in [-0.39, 0.29) is 17.8 Å². The lowest BCUT2D eigenvalue weighted by Gasteiger charge is -2.41. The lowest BCUT2D eigenvalue weighted by atomic mass is 9.97. The molecule has 2 aliphatic rings. The SMILES string of the molecule is Cc1oc(-c2ccc(F)cc2)nc1CN1CC[C@@H]2NCC(=O)N[C@@H]2C1. The van der Waals surface area contributed by atoms with Crippen LogP contribution in [0, 0.1) is 12.7 Å². The third-order valence-corrected chi connectivity index (χ3v) is 4.93. The van der Waals surface area contributed by atoms with Gasteiger partial charge in [-0.25, -0.2) is 9.37 Å². The van der Waals surface area contributed by atoms with Gasteiger partial charge in [-0.1, -0.05) is 0 Å². The first kappa shape index (κ1) is 16.2. The molecule has 6 nitrogen and oxygen atoms in total. The van der Waals surface area contributed by atoms with E-state index in [9.17, 15) is 9.18 Å². The maximum Gasteiger partial charge on any atom is 0.234 e.